The first kappa shape index (κ1) is 19.0. The van der Waals surface area contributed by atoms with Gasteiger partial charge in [0.05, 0.1) is 22.5 Å². The summed E-state index contributed by atoms with van der Waals surface area (Å²) >= 11 is 0. The quantitative estimate of drug-likeness (QED) is 0.714. The van der Waals surface area contributed by atoms with E-state index in [1.54, 1.807) is 35.4 Å². The lowest BCUT2D eigenvalue weighted by molar-refractivity contribution is -0.137. The Bertz CT molecular complexity index is 994. The highest BCUT2D eigenvalue weighted by molar-refractivity contribution is 6.06. The molecule has 0 unspecified atom stereocenters. The van der Waals surface area contributed by atoms with Gasteiger partial charge in [-0.2, -0.15) is 13.2 Å². The Morgan fingerprint density at radius 2 is 1.90 bits per heavy atom. The number of imidazole rings is 1. The van der Waals surface area contributed by atoms with Crippen molar-refractivity contribution in [3.8, 4) is 5.82 Å². The van der Waals surface area contributed by atoms with Crippen LogP contribution in [0.2, 0.25) is 0 Å². The molecule has 1 aliphatic rings. The van der Waals surface area contributed by atoms with E-state index in [0.29, 0.717) is 11.5 Å². The number of alkyl halides is 3. The zero-order valence-electron chi connectivity index (χ0n) is 15.4. The Labute approximate surface area is 165 Å². The van der Waals surface area contributed by atoms with Crippen molar-refractivity contribution in [1.29, 1.82) is 0 Å². The molecule has 0 bridgehead atoms. The Morgan fingerprint density at radius 3 is 2.52 bits per heavy atom. The SMILES string of the molecule is O=C(Nc1cc(C(F)(F)F)ccc1N1CCCC1)c1ccc(-n2ccnc2)nc1. The molecule has 29 heavy (non-hydrogen) atoms. The lowest BCUT2D eigenvalue weighted by Gasteiger charge is -2.23. The third-order valence-electron chi connectivity index (χ3n) is 4.80. The van der Waals surface area contributed by atoms with E-state index < -0.39 is 17.6 Å². The zero-order valence-corrected chi connectivity index (χ0v) is 15.4. The fourth-order valence-corrected chi connectivity index (χ4v) is 3.31. The summed E-state index contributed by atoms with van der Waals surface area (Å²) in [7, 11) is 0. The second kappa shape index (κ2) is 7.57. The van der Waals surface area contributed by atoms with E-state index in [9.17, 15) is 18.0 Å². The largest absolute Gasteiger partial charge is 0.416 e. The summed E-state index contributed by atoms with van der Waals surface area (Å²) < 4.78 is 41.2. The van der Waals surface area contributed by atoms with Crippen LogP contribution >= 0.6 is 0 Å². The number of rotatable bonds is 4. The normalized spacial score (nSPS) is 14.2. The Morgan fingerprint density at radius 1 is 1.10 bits per heavy atom. The van der Waals surface area contributed by atoms with Crippen LogP contribution < -0.4 is 10.2 Å². The van der Waals surface area contributed by atoms with Crippen molar-refractivity contribution in [1.82, 2.24) is 14.5 Å². The molecule has 4 rings (SSSR count). The molecule has 1 N–H and O–H groups in total. The van der Waals surface area contributed by atoms with Crippen molar-refractivity contribution in [2.75, 3.05) is 23.3 Å². The molecular formula is C20H18F3N5O. The molecule has 1 saturated heterocycles. The Kier molecular flexibility index (Phi) is 4.96. The van der Waals surface area contributed by atoms with Gasteiger partial charge in [0, 0.05) is 31.7 Å². The van der Waals surface area contributed by atoms with Crippen LogP contribution in [0.1, 0.15) is 28.8 Å². The van der Waals surface area contributed by atoms with Gasteiger partial charge < -0.3 is 10.2 Å². The number of anilines is 2. The number of carbonyl (C=O) groups is 1. The van der Waals surface area contributed by atoms with E-state index >= 15 is 0 Å². The standard InChI is InChI=1S/C20H18F3N5O/c21-20(22,23)15-4-5-17(27-8-1-2-9-27)16(11-15)26-19(29)14-3-6-18(25-12-14)28-10-7-24-13-28/h3-7,10-13H,1-2,8-9H2,(H,26,29). The molecule has 1 aliphatic heterocycles. The van der Waals surface area contributed by atoms with E-state index in [2.05, 4.69) is 15.3 Å². The number of pyridine rings is 1. The molecule has 0 spiro atoms. The van der Waals surface area contributed by atoms with E-state index in [0.717, 1.165) is 38.1 Å². The first-order chi connectivity index (χ1) is 13.9. The average molecular weight is 401 g/mol. The van der Waals surface area contributed by atoms with Crippen molar-refractivity contribution >= 4 is 17.3 Å². The van der Waals surface area contributed by atoms with Crippen LogP contribution in [0.15, 0.2) is 55.2 Å². The van der Waals surface area contributed by atoms with E-state index in [4.69, 9.17) is 0 Å². The van der Waals surface area contributed by atoms with Crippen LogP contribution in [0.4, 0.5) is 24.5 Å². The summed E-state index contributed by atoms with van der Waals surface area (Å²) in [5.74, 6) is 0.0605. The predicted octanol–water partition coefficient (Wildman–Crippen LogP) is 4.14. The van der Waals surface area contributed by atoms with Gasteiger partial charge in [-0.15, -0.1) is 0 Å². The van der Waals surface area contributed by atoms with Crippen molar-refractivity contribution in [2.45, 2.75) is 19.0 Å². The number of amides is 1. The number of hydrogen-bond donors (Lipinski definition) is 1. The maximum atomic E-state index is 13.2. The van der Waals surface area contributed by atoms with E-state index in [-0.39, 0.29) is 11.3 Å². The Balaban J connectivity index is 1.60. The van der Waals surface area contributed by atoms with Gasteiger partial charge in [0.1, 0.15) is 12.1 Å². The fraction of sp³-hybridized carbons (Fsp3) is 0.250. The van der Waals surface area contributed by atoms with Crippen LogP contribution in [0.5, 0.6) is 0 Å². The summed E-state index contributed by atoms with van der Waals surface area (Å²) in [5, 5.41) is 2.63. The first-order valence-corrected chi connectivity index (χ1v) is 9.14. The molecule has 0 saturated carbocycles. The van der Waals surface area contributed by atoms with E-state index in [1.165, 1.54) is 12.3 Å². The topological polar surface area (TPSA) is 63.1 Å². The molecule has 0 atom stereocenters. The number of nitrogens with zero attached hydrogens (tertiary/aromatic N) is 4. The highest BCUT2D eigenvalue weighted by atomic mass is 19.4. The molecule has 0 aliphatic carbocycles. The van der Waals surface area contributed by atoms with Crippen LogP contribution in [0.25, 0.3) is 5.82 Å². The molecule has 6 nitrogen and oxygen atoms in total. The molecule has 2 aromatic heterocycles. The summed E-state index contributed by atoms with van der Waals surface area (Å²) in [4.78, 5) is 22.8. The first-order valence-electron chi connectivity index (χ1n) is 9.14. The maximum absolute atomic E-state index is 13.2. The average Bonchev–Trinajstić information content (AvgIpc) is 3.41. The van der Waals surface area contributed by atoms with E-state index in [1.807, 2.05) is 4.90 Å². The maximum Gasteiger partial charge on any atom is 0.416 e. The monoisotopic (exact) mass is 401 g/mol. The lowest BCUT2D eigenvalue weighted by Crippen LogP contribution is -2.22. The van der Waals surface area contributed by atoms with Gasteiger partial charge in [-0.1, -0.05) is 0 Å². The molecule has 1 fully saturated rings. The molecule has 1 aromatic carbocycles. The van der Waals surface area contributed by atoms with Crippen molar-refractivity contribution in [2.24, 2.45) is 0 Å². The fourth-order valence-electron chi connectivity index (χ4n) is 3.31. The molecule has 9 heteroatoms. The zero-order chi connectivity index (χ0) is 20.4. The summed E-state index contributed by atoms with van der Waals surface area (Å²) in [6.45, 7) is 1.49. The van der Waals surface area contributed by atoms with Crippen LogP contribution in [-0.2, 0) is 6.18 Å². The van der Waals surface area contributed by atoms with Gasteiger partial charge in [0.2, 0.25) is 0 Å². The van der Waals surface area contributed by atoms with Gasteiger partial charge in [0.25, 0.3) is 5.91 Å². The van der Waals surface area contributed by atoms with Crippen LogP contribution in [-0.4, -0.2) is 33.5 Å². The molecule has 3 aromatic rings. The van der Waals surface area contributed by atoms with Gasteiger partial charge in [-0.05, 0) is 43.2 Å². The summed E-state index contributed by atoms with van der Waals surface area (Å²) in [6, 6.07) is 6.67. The smallest absolute Gasteiger partial charge is 0.370 e. The van der Waals surface area contributed by atoms with Crippen molar-refractivity contribution in [3.05, 3.63) is 66.4 Å². The summed E-state index contributed by atoms with van der Waals surface area (Å²) in [5.41, 5.74) is 0.181. The summed E-state index contributed by atoms with van der Waals surface area (Å²) in [6.07, 6.45) is 3.73. The number of aromatic nitrogens is 3. The molecule has 1 amide bonds. The van der Waals surface area contributed by atoms with Gasteiger partial charge >= 0.3 is 6.18 Å². The predicted molar refractivity (Wildman–Crippen MR) is 102 cm³/mol. The third-order valence-corrected chi connectivity index (χ3v) is 4.80. The lowest BCUT2D eigenvalue weighted by atomic mass is 10.1. The second-order valence-electron chi connectivity index (χ2n) is 6.75. The number of nitrogens with one attached hydrogen (secondary N) is 1. The number of halogens is 3. The number of hydrogen-bond acceptors (Lipinski definition) is 4. The van der Waals surface area contributed by atoms with Crippen molar-refractivity contribution < 1.29 is 18.0 Å². The van der Waals surface area contributed by atoms with Crippen LogP contribution in [0.3, 0.4) is 0 Å². The van der Waals surface area contributed by atoms with Gasteiger partial charge in [-0.25, -0.2) is 9.97 Å². The van der Waals surface area contributed by atoms with Gasteiger partial charge in [-0.3, -0.25) is 9.36 Å². The molecule has 150 valence electrons. The number of carbonyl (C=O) groups excluding carboxylic acids is 1. The second-order valence-corrected chi connectivity index (χ2v) is 6.75. The Hall–Kier alpha value is -3.36. The minimum atomic E-state index is -4.49. The van der Waals surface area contributed by atoms with Gasteiger partial charge in [0.15, 0.2) is 0 Å². The molecule has 0 radical (unpaired) electrons. The third kappa shape index (κ3) is 4.08. The number of benzene rings is 1. The van der Waals surface area contributed by atoms with Crippen molar-refractivity contribution in [3.63, 3.8) is 0 Å². The minimum absolute atomic E-state index is 0.144. The highest BCUT2D eigenvalue weighted by Crippen LogP contribution is 2.36. The highest BCUT2D eigenvalue weighted by Gasteiger charge is 2.32. The molecular weight excluding hydrogens is 383 g/mol. The van der Waals surface area contributed by atoms with Crippen LogP contribution in [0, 0.1) is 0 Å². The molecule has 3 heterocycles. The minimum Gasteiger partial charge on any atom is -0.370 e.